The van der Waals surface area contributed by atoms with Crippen LogP contribution in [0.15, 0.2) is 60.8 Å². The number of ether oxygens (including phenoxy) is 2. The number of benzene rings is 2. The highest BCUT2D eigenvalue weighted by Gasteiger charge is 2.02. The van der Waals surface area contributed by atoms with E-state index in [1.54, 1.807) is 20.4 Å². The number of nitrogens with one attached hydrogen (secondary N) is 2. The fraction of sp³-hybridized carbons (Fsp3) is 0.200. The van der Waals surface area contributed by atoms with Crippen LogP contribution in [-0.4, -0.2) is 30.7 Å². The van der Waals surface area contributed by atoms with Crippen LogP contribution >= 0.6 is 0 Å². The smallest absolute Gasteiger partial charge is 0.229 e. The molecule has 1 aromatic heterocycles. The van der Waals surface area contributed by atoms with Crippen LogP contribution < -0.4 is 20.1 Å². The maximum Gasteiger partial charge on any atom is 0.229 e. The van der Waals surface area contributed by atoms with Crippen LogP contribution in [0.1, 0.15) is 5.56 Å². The average molecular weight is 350 g/mol. The number of hydrogen-bond donors (Lipinski definition) is 2. The van der Waals surface area contributed by atoms with Crippen molar-refractivity contribution in [1.29, 1.82) is 0 Å². The Labute approximate surface area is 153 Å². The maximum atomic E-state index is 5.22. The Hall–Kier alpha value is -3.28. The molecule has 0 aliphatic heterocycles. The van der Waals surface area contributed by atoms with Gasteiger partial charge in [0.2, 0.25) is 5.95 Å². The van der Waals surface area contributed by atoms with Gasteiger partial charge in [-0.2, -0.15) is 4.98 Å². The fourth-order valence-corrected chi connectivity index (χ4v) is 2.47. The van der Waals surface area contributed by atoms with Crippen molar-refractivity contribution in [2.24, 2.45) is 0 Å². The lowest BCUT2D eigenvalue weighted by Crippen LogP contribution is -2.07. The Morgan fingerprint density at radius 2 is 1.73 bits per heavy atom. The number of hydrogen-bond acceptors (Lipinski definition) is 6. The molecule has 0 fully saturated rings. The van der Waals surface area contributed by atoms with E-state index in [0.29, 0.717) is 5.95 Å². The van der Waals surface area contributed by atoms with Gasteiger partial charge in [0, 0.05) is 24.5 Å². The number of rotatable bonds is 8. The monoisotopic (exact) mass is 350 g/mol. The molecule has 2 aromatic carbocycles. The lowest BCUT2D eigenvalue weighted by Gasteiger charge is -2.09. The zero-order chi connectivity index (χ0) is 18.2. The van der Waals surface area contributed by atoms with E-state index in [1.165, 1.54) is 5.56 Å². The summed E-state index contributed by atoms with van der Waals surface area (Å²) in [5, 5.41) is 6.51. The molecule has 3 aromatic rings. The first-order valence-electron chi connectivity index (χ1n) is 8.38. The Morgan fingerprint density at radius 3 is 2.50 bits per heavy atom. The predicted octanol–water partition coefficient (Wildman–Crippen LogP) is 3.89. The zero-order valence-electron chi connectivity index (χ0n) is 14.9. The highest BCUT2D eigenvalue weighted by molar-refractivity contribution is 5.56. The van der Waals surface area contributed by atoms with Gasteiger partial charge in [-0.3, -0.25) is 0 Å². The van der Waals surface area contributed by atoms with Crippen molar-refractivity contribution in [1.82, 2.24) is 9.97 Å². The quantitative estimate of drug-likeness (QED) is 0.642. The molecule has 3 rings (SSSR count). The number of methoxy groups -OCH3 is 2. The van der Waals surface area contributed by atoms with Gasteiger partial charge in [0.05, 0.1) is 14.2 Å². The molecular weight excluding hydrogens is 328 g/mol. The van der Waals surface area contributed by atoms with E-state index in [9.17, 15) is 0 Å². The number of aromatic nitrogens is 2. The first-order valence-corrected chi connectivity index (χ1v) is 8.38. The summed E-state index contributed by atoms with van der Waals surface area (Å²) < 4.78 is 10.4. The highest BCUT2D eigenvalue weighted by Crippen LogP contribution is 2.20. The van der Waals surface area contributed by atoms with Crippen molar-refractivity contribution in [2.45, 2.75) is 6.42 Å². The molecule has 0 saturated heterocycles. The third-order valence-electron chi connectivity index (χ3n) is 3.86. The van der Waals surface area contributed by atoms with Crippen molar-refractivity contribution in [3.05, 3.63) is 66.4 Å². The van der Waals surface area contributed by atoms with E-state index in [-0.39, 0.29) is 0 Å². The topological polar surface area (TPSA) is 68.3 Å². The molecule has 0 spiro atoms. The number of anilines is 3. The first kappa shape index (κ1) is 17.5. The van der Waals surface area contributed by atoms with E-state index < -0.39 is 0 Å². The standard InChI is InChI=1S/C20H22N4O2/c1-25-17-8-6-15(7-9-17)10-12-21-19-11-13-22-20(24-19)23-16-4-3-5-18(14-16)26-2/h3-9,11,13-14H,10,12H2,1-2H3,(H2,21,22,23,24). The minimum atomic E-state index is 0.535. The molecule has 0 radical (unpaired) electrons. The van der Waals surface area contributed by atoms with Crippen LogP contribution in [0, 0.1) is 0 Å². The summed E-state index contributed by atoms with van der Waals surface area (Å²) >= 11 is 0. The minimum Gasteiger partial charge on any atom is -0.497 e. The summed E-state index contributed by atoms with van der Waals surface area (Å²) in [4.78, 5) is 8.75. The summed E-state index contributed by atoms with van der Waals surface area (Å²) in [6.45, 7) is 0.780. The molecule has 0 unspecified atom stereocenters. The van der Waals surface area contributed by atoms with Gasteiger partial charge >= 0.3 is 0 Å². The van der Waals surface area contributed by atoms with Gasteiger partial charge in [-0.15, -0.1) is 0 Å². The van der Waals surface area contributed by atoms with Gasteiger partial charge < -0.3 is 20.1 Å². The molecule has 1 heterocycles. The second kappa shape index (κ2) is 8.71. The van der Waals surface area contributed by atoms with Crippen molar-refractivity contribution in [3.8, 4) is 11.5 Å². The Morgan fingerprint density at radius 1 is 0.923 bits per heavy atom. The minimum absolute atomic E-state index is 0.535. The molecule has 0 amide bonds. The van der Waals surface area contributed by atoms with Crippen LogP contribution in [0.4, 0.5) is 17.5 Å². The Bertz CT molecular complexity index is 837. The third kappa shape index (κ3) is 4.86. The maximum absolute atomic E-state index is 5.22. The van der Waals surface area contributed by atoms with E-state index in [0.717, 1.165) is 36.0 Å². The Kier molecular flexibility index (Phi) is 5.88. The van der Waals surface area contributed by atoms with Crippen molar-refractivity contribution < 1.29 is 9.47 Å². The highest BCUT2D eigenvalue weighted by atomic mass is 16.5. The SMILES string of the molecule is COc1ccc(CCNc2ccnc(Nc3cccc(OC)c3)n2)cc1. The molecule has 26 heavy (non-hydrogen) atoms. The second-order valence-corrected chi connectivity index (χ2v) is 5.65. The summed E-state index contributed by atoms with van der Waals surface area (Å²) in [7, 11) is 3.31. The third-order valence-corrected chi connectivity index (χ3v) is 3.86. The largest absolute Gasteiger partial charge is 0.497 e. The van der Waals surface area contributed by atoms with Gasteiger partial charge in [0.25, 0.3) is 0 Å². The number of nitrogens with zero attached hydrogens (tertiary/aromatic N) is 2. The van der Waals surface area contributed by atoms with E-state index in [4.69, 9.17) is 9.47 Å². The molecule has 0 aliphatic rings. The molecular formula is C20H22N4O2. The summed E-state index contributed by atoms with van der Waals surface area (Å²) in [5.74, 6) is 2.96. The molecule has 0 saturated carbocycles. The molecule has 0 atom stereocenters. The van der Waals surface area contributed by atoms with E-state index in [1.807, 2.05) is 42.5 Å². The summed E-state index contributed by atoms with van der Waals surface area (Å²) in [5.41, 5.74) is 2.11. The van der Waals surface area contributed by atoms with Crippen LogP contribution in [0.2, 0.25) is 0 Å². The van der Waals surface area contributed by atoms with Crippen molar-refractivity contribution in [3.63, 3.8) is 0 Å². The average Bonchev–Trinajstić information content (AvgIpc) is 2.69. The molecule has 6 nitrogen and oxygen atoms in total. The molecule has 134 valence electrons. The van der Waals surface area contributed by atoms with Gasteiger partial charge in [-0.25, -0.2) is 4.98 Å². The summed E-state index contributed by atoms with van der Waals surface area (Å²) in [6.07, 6.45) is 2.62. The zero-order valence-corrected chi connectivity index (χ0v) is 14.9. The van der Waals surface area contributed by atoms with Crippen LogP contribution in [0.3, 0.4) is 0 Å². The van der Waals surface area contributed by atoms with E-state index >= 15 is 0 Å². The molecule has 6 heteroatoms. The van der Waals surface area contributed by atoms with Crippen LogP contribution in [0.25, 0.3) is 0 Å². The van der Waals surface area contributed by atoms with Crippen molar-refractivity contribution in [2.75, 3.05) is 31.4 Å². The molecule has 0 aliphatic carbocycles. The van der Waals surface area contributed by atoms with Crippen molar-refractivity contribution >= 4 is 17.5 Å². The normalized spacial score (nSPS) is 10.2. The van der Waals surface area contributed by atoms with E-state index in [2.05, 4.69) is 32.7 Å². The second-order valence-electron chi connectivity index (χ2n) is 5.65. The van der Waals surface area contributed by atoms with Gasteiger partial charge in [0.15, 0.2) is 0 Å². The van der Waals surface area contributed by atoms with Gasteiger partial charge in [0.1, 0.15) is 17.3 Å². The fourth-order valence-electron chi connectivity index (χ4n) is 2.47. The predicted molar refractivity (Wildman–Crippen MR) is 103 cm³/mol. The Balaban J connectivity index is 1.56. The lowest BCUT2D eigenvalue weighted by molar-refractivity contribution is 0.414. The first-order chi connectivity index (χ1) is 12.8. The molecule has 2 N–H and O–H groups in total. The van der Waals surface area contributed by atoms with Crippen LogP contribution in [0.5, 0.6) is 11.5 Å². The van der Waals surface area contributed by atoms with Gasteiger partial charge in [-0.05, 0) is 42.3 Å². The molecule has 0 bridgehead atoms. The van der Waals surface area contributed by atoms with Crippen LogP contribution in [-0.2, 0) is 6.42 Å². The lowest BCUT2D eigenvalue weighted by atomic mass is 10.1. The summed E-state index contributed by atoms with van der Waals surface area (Å²) in [6, 6.07) is 17.6. The van der Waals surface area contributed by atoms with Gasteiger partial charge in [-0.1, -0.05) is 18.2 Å².